The molecule has 6 rings (SSSR count). The first kappa shape index (κ1) is 58.6. The third-order valence-corrected chi connectivity index (χ3v) is 13.2. The van der Waals surface area contributed by atoms with Gasteiger partial charge < -0.3 is 31.8 Å². The Morgan fingerprint density at radius 2 is 1.18 bits per heavy atom. The first-order valence-electron chi connectivity index (χ1n) is 17.5. The molecular formula is C40H42Br2Cl3FK2N6O5P2. The molecule has 0 aliphatic rings. The maximum Gasteiger partial charge on any atom is 1.00 e. The summed E-state index contributed by atoms with van der Waals surface area (Å²) in [7, 11) is -5.92. The van der Waals surface area contributed by atoms with Crippen LogP contribution in [0.25, 0.3) is 22.3 Å². The van der Waals surface area contributed by atoms with E-state index in [1.807, 2.05) is 74.5 Å². The molecule has 6 aromatic rings. The van der Waals surface area contributed by atoms with Crippen LogP contribution in [0, 0.1) is 13.8 Å². The Hall–Kier alpha value is -0.437. The summed E-state index contributed by atoms with van der Waals surface area (Å²) in [5.74, 6) is 0.534. The van der Waals surface area contributed by atoms with Crippen molar-refractivity contribution >= 4 is 115 Å². The van der Waals surface area contributed by atoms with Crippen LogP contribution >= 0.6 is 80.9 Å². The van der Waals surface area contributed by atoms with Gasteiger partial charge in [-0.1, -0.05) is 84.4 Å². The van der Waals surface area contributed by atoms with E-state index < -0.39 is 21.4 Å². The molecular weight excluding hydrogens is 1070 g/mol. The van der Waals surface area contributed by atoms with Gasteiger partial charge in [-0.3, -0.25) is 9.18 Å². The molecule has 11 nitrogen and oxygen atoms in total. The number of rotatable bonds is 7. The van der Waals surface area contributed by atoms with Gasteiger partial charge in [-0.05, 0) is 141 Å². The van der Waals surface area contributed by atoms with E-state index in [4.69, 9.17) is 52.0 Å². The second kappa shape index (κ2) is 30.0. The molecule has 0 saturated carbocycles. The Balaban J connectivity index is 0. The average Bonchev–Trinajstić information content (AvgIpc) is 3.18. The molecule has 2 heterocycles. The molecule has 316 valence electrons. The first-order valence-corrected chi connectivity index (χ1v) is 24.7. The molecule has 0 fully saturated rings. The van der Waals surface area contributed by atoms with Gasteiger partial charge in [0.1, 0.15) is 25.3 Å². The molecule has 0 aliphatic carbocycles. The normalized spacial score (nSPS) is 10.3. The van der Waals surface area contributed by atoms with Gasteiger partial charge in [-0.15, -0.1) is 0 Å². The van der Waals surface area contributed by atoms with Gasteiger partial charge in [0.05, 0.1) is 23.2 Å². The molecule has 0 saturated heterocycles. The summed E-state index contributed by atoms with van der Waals surface area (Å²) < 4.78 is 42.3. The Labute approximate surface area is 476 Å². The predicted molar refractivity (Wildman–Crippen MR) is 249 cm³/mol. The molecule has 61 heavy (non-hydrogen) atoms. The molecule has 0 unspecified atom stereocenters. The Bertz CT molecular complexity index is 2460. The fourth-order valence-electron chi connectivity index (χ4n) is 5.68. The number of nitrogens with zero attached hydrogens (tertiary/aromatic N) is 4. The zero-order chi connectivity index (χ0) is 45.2. The van der Waals surface area contributed by atoms with Crippen molar-refractivity contribution in [1.82, 2.24) is 19.9 Å². The predicted octanol–water partition coefficient (Wildman–Crippen LogP) is 5.04. The van der Waals surface area contributed by atoms with Crippen molar-refractivity contribution in [1.29, 1.82) is 0 Å². The minimum atomic E-state index is -2.56. The van der Waals surface area contributed by atoms with E-state index in [9.17, 15) is 13.5 Å². The number of alkyl halides is 1. The molecule has 2 aromatic heterocycles. The zero-order valence-electron chi connectivity index (χ0n) is 36.6. The minimum absolute atomic E-state index is 0. The number of nitrogens with two attached hydrogens (primary N) is 1. The van der Waals surface area contributed by atoms with Crippen molar-refractivity contribution in [2.24, 2.45) is 0 Å². The number of nitrogens with one attached hydrogen (secondary N) is 1. The summed E-state index contributed by atoms with van der Waals surface area (Å²) in [4.78, 5) is 26.7. The number of carbonyl (C=O) groups excluding carboxylic acids is 1. The van der Waals surface area contributed by atoms with Crippen LogP contribution in [-0.2, 0) is 18.8 Å². The topological polar surface area (TPSA) is 173 Å². The van der Waals surface area contributed by atoms with Crippen LogP contribution in [0.3, 0.4) is 0 Å². The Kier molecular flexibility index (Phi) is 28.8. The third kappa shape index (κ3) is 19.5. The molecule has 0 amide bonds. The van der Waals surface area contributed by atoms with Crippen LogP contribution in [-0.4, -0.2) is 60.2 Å². The molecule has 0 spiro atoms. The number of aromatic nitrogens is 4. The minimum Gasteiger partial charge on any atom is -1.00 e. The first-order chi connectivity index (χ1) is 28.2. The molecule has 21 heteroatoms. The second-order valence-corrected chi connectivity index (χ2v) is 21.7. The van der Waals surface area contributed by atoms with Gasteiger partial charge in [-0.25, -0.2) is 15.0 Å². The smallest absolute Gasteiger partial charge is 1.00 e. The third-order valence-electron chi connectivity index (χ3n) is 7.82. The van der Waals surface area contributed by atoms with Crippen LogP contribution in [0.5, 0.6) is 0 Å². The van der Waals surface area contributed by atoms with Gasteiger partial charge in [0.25, 0.3) is 6.47 Å². The molecule has 0 bridgehead atoms. The van der Waals surface area contributed by atoms with E-state index >= 15 is 0 Å². The van der Waals surface area contributed by atoms with Gasteiger partial charge in [0, 0.05) is 28.7 Å². The number of hydrogen-bond donors (Lipinski definition) is 2. The summed E-state index contributed by atoms with van der Waals surface area (Å²) in [6.07, 6.45) is 3.08. The summed E-state index contributed by atoms with van der Waals surface area (Å²) in [6, 6.07) is 28.0. The quantitative estimate of drug-likeness (QED) is 0.0321. The van der Waals surface area contributed by atoms with Crippen LogP contribution in [0.2, 0.25) is 15.7 Å². The SMILES string of the molecule is Cc1c(-c2ccccc2)ccc(N)c1P(C)(C)=O.Cc1c(-c2ccccc2)ccc(Nc2nc(Cl)ncc2Br)c1P(C)(C)=O.Clc1ncc(Br)c(Cl)n1.O=CO[O-].[2H]CF.[H-].[K+].[K+]. The molecule has 3 N–H and O–H groups in total. The van der Waals surface area contributed by atoms with E-state index in [2.05, 4.69) is 86.3 Å². The van der Waals surface area contributed by atoms with Crippen molar-refractivity contribution in [2.45, 2.75) is 13.8 Å². The van der Waals surface area contributed by atoms with Crippen LogP contribution in [0.1, 0.15) is 13.9 Å². The van der Waals surface area contributed by atoms with Gasteiger partial charge in [-0.2, -0.15) is 4.98 Å². The molecule has 4 aromatic carbocycles. The molecule has 0 radical (unpaired) electrons. The number of halogens is 6. The van der Waals surface area contributed by atoms with Crippen molar-refractivity contribution in [3.05, 3.63) is 133 Å². The second-order valence-electron chi connectivity index (χ2n) is 12.7. The Morgan fingerprint density at radius 1 is 0.770 bits per heavy atom. The van der Waals surface area contributed by atoms with E-state index in [-0.39, 0.29) is 121 Å². The largest absolute Gasteiger partial charge is 1.00 e. The number of nitrogen functional groups attached to an aromatic ring is 1. The van der Waals surface area contributed by atoms with E-state index in [0.29, 0.717) is 25.6 Å². The maximum atomic E-state index is 13.1. The van der Waals surface area contributed by atoms with Gasteiger partial charge >= 0.3 is 103 Å². The van der Waals surface area contributed by atoms with Crippen molar-refractivity contribution < 1.29 is 134 Å². The van der Waals surface area contributed by atoms with E-state index in [1.54, 1.807) is 32.9 Å². The van der Waals surface area contributed by atoms with Gasteiger partial charge in [0.15, 0.2) is 0 Å². The van der Waals surface area contributed by atoms with Crippen molar-refractivity contribution in [3.8, 4) is 22.3 Å². The van der Waals surface area contributed by atoms with E-state index in [0.717, 1.165) is 49.7 Å². The monoisotopic (exact) mass is 1110 g/mol. The fraction of sp³-hybridized carbons (Fsp3) is 0.175. The average molecular weight is 1110 g/mol. The molecule has 0 atom stereocenters. The van der Waals surface area contributed by atoms with Crippen LogP contribution < -0.4 is 130 Å². The number of anilines is 3. The zero-order valence-corrected chi connectivity index (χ0v) is 48.1. The standard InChI is InChI=1S/C19H18BrClN3OP.C15H18NOP.C4HBrCl2N2.CH3F.CH2O3.2K.H/c1-12-14(13-7-5-4-6-8-13)9-10-16(17(12)26(2,3)25)23-18-15(20)11-22-19(21)24-18;1-11-13(12-7-5-4-6-8-12)9-10-14(16)15(11)18(2,3)17;5-2-1-8-4(7)9-3(2)6;1-2;2-1-4-3;;;/h4-11H,1-3H3,(H,22,23,24);4-10H,16H2,1-3H3;1H;1H3;1,3H;;;/q;;;;;2*+1;-1/p-1/i;;;1D;;;;. The summed E-state index contributed by atoms with van der Waals surface area (Å²) in [6.45, 7) is 10.9. The summed E-state index contributed by atoms with van der Waals surface area (Å²) in [5.41, 5.74) is 13.8. The van der Waals surface area contributed by atoms with Gasteiger partial charge in [0.2, 0.25) is 10.6 Å². The fourth-order valence-corrected chi connectivity index (χ4v) is 9.86. The van der Waals surface area contributed by atoms with Crippen LogP contribution in [0.15, 0.2) is 106 Å². The summed E-state index contributed by atoms with van der Waals surface area (Å²) >= 11 is 23.4. The van der Waals surface area contributed by atoms with Crippen LogP contribution in [0.4, 0.5) is 21.6 Å². The van der Waals surface area contributed by atoms with E-state index in [1.165, 1.54) is 6.20 Å². The maximum absolute atomic E-state index is 13.1. The number of hydrogen-bond acceptors (Lipinski definition) is 11. The van der Waals surface area contributed by atoms with Crippen molar-refractivity contribution in [3.63, 3.8) is 0 Å². The van der Waals surface area contributed by atoms with Crippen molar-refractivity contribution in [2.75, 3.05) is 44.9 Å². The Morgan fingerprint density at radius 3 is 1.59 bits per heavy atom. The number of benzene rings is 4. The summed E-state index contributed by atoms with van der Waals surface area (Å²) in [5, 5.41) is 13.9. The number of carbonyl (C=O) groups is 1. The molecule has 0 aliphatic heterocycles.